The maximum Gasteiger partial charge on any atom is 0.338 e. The molecule has 1 aliphatic rings. The number of H-pyrrole nitrogens is 1. The number of aromatic nitrogens is 2. The number of aromatic amines is 1. The van der Waals surface area contributed by atoms with Crippen molar-refractivity contribution in [3.63, 3.8) is 0 Å². The SMILES string of the molecule is O=C(OC[C@H]1O[C@@H](C(=O)c2n[nH]c3ccccc23)[C@H](OC(=O)c2ccccc2)[C@@H]1OC(=O)c1ccccc1)c1ccccc1. The van der Waals surface area contributed by atoms with Crippen LogP contribution in [0.3, 0.4) is 0 Å². The first-order chi connectivity index (χ1) is 21.5. The number of benzene rings is 4. The molecule has 1 N–H and O–H groups in total. The van der Waals surface area contributed by atoms with E-state index in [1.807, 2.05) is 0 Å². The van der Waals surface area contributed by atoms with E-state index in [4.69, 9.17) is 18.9 Å². The highest BCUT2D eigenvalue weighted by Gasteiger charge is 2.54. The zero-order valence-corrected chi connectivity index (χ0v) is 23.2. The Morgan fingerprint density at radius 1 is 0.636 bits per heavy atom. The molecule has 0 saturated carbocycles. The minimum Gasteiger partial charge on any atom is -0.459 e. The monoisotopic (exact) mass is 590 g/mol. The molecular formula is C34H26N2O8. The predicted octanol–water partition coefficient (Wildman–Crippen LogP) is 4.82. The molecule has 1 saturated heterocycles. The van der Waals surface area contributed by atoms with Gasteiger partial charge in [0.1, 0.15) is 18.4 Å². The van der Waals surface area contributed by atoms with Crippen molar-refractivity contribution < 1.29 is 38.1 Å². The second-order valence-electron chi connectivity index (χ2n) is 10.0. The van der Waals surface area contributed by atoms with Gasteiger partial charge in [-0.2, -0.15) is 5.10 Å². The fraction of sp³-hybridized carbons (Fsp3) is 0.147. The highest BCUT2D eigenvalue weighted by atomic mass is 16.7. The summed E-state index contributed by atoms with van der Waals surface area (Å²) < 4.78 is 23.4. The van der Waals surface area contributed by atoms with Crippen molar-refractivity contribution in [3.05, 3.63) is 138 Å². The average Bonchev–Trinajstić information content (AvgIpc) is 3.66. The van der Waals surface area contributed by atoms with Gasteiger partial charge in [-0.05, 0) is 42.5 Å². The van der Waals surface area contributed by atoms with E-state index in [1.165, 1.54) is 0 Å². The second-order valence-corrected chi connectivity index (χ2v) is 10.0. The highest BCUT2D eigenvalue weighted by Crippen LogP contribution is 2.32. The average molecular weight is 591 g/mol. The van der Waals surface area contributed by atoms with Gasteiger partial charge in [-0.15, -0.1) is 0 Å². The van der Waals surface area contributed by atoms with Crippen molar-refractivity contribution in [1.29, 1.82) is 0 Å². The van der Waals surface area contributed by atoms with Gasteiger partial charge in [-0.1, -0.05) is 72.8 Å². The maximum absolute atomic E-state index is 14.0. The molecule has 0 radical (unpaired) electrons. The van der Waals surface area contributed by atoms with Gasteiger partial charge < -0.3 is 18.9 Å². The molecular weight excluding hydrogens is 564 g/mol. The summed E-state index contributed by atoms with van der Waals surface area (Å²) >= 11 is 0. The van der Waals surface area contributed by atoms with Gasteiger partial charge in [0.2, 0.25) is 5.78 Å². The van der Waals surface area contributed by atoms with Crippen LogP contribution in [0.5, 0.6) is 0 Å². The molecule has 4 atom stereocenters. The zero-order valence-electron chi connectivity index (χ0n) is 23.2. The van der Waals surface area contributed by atoms with E-state index in [1.54, 1.807) is 115 Å². The summed E-state index contributed by atoms with van der Waals surface area (Å²) in [5.74, 6) is -2.75. The molecule has 1 fully saturated rings. The lowest BCUT2D eigenvalue weighted by molar-refractivity contribution is -0.0440. The van der Waals surface area contributed by atoms with Gasteiger partial charge in [0.25, 0.3) is 0 Å². The Kier molecular flexibility index (Phi) is 8.24. The van der Waals surface area contributed by atoms with E-state index in [-0.39, 0.29) is 16.8 Å². The van der Waals surface area contributed by atoms with Crippen LogP contribution >= 0.6 is 0 Å². The van der Waals surface area contributed by atoms with Crippen LogP contribution in [-0.4, -0.2) is 64.9 Å². The van der Waals surface area contributed by atoms with Gasteiger partial charge in [0.05, 0.1) is 22.2 Å². The van der Waals surface area contributed by atoms with Crippen LogP contribution in [0.2, 0.25) is 0 Å². The number of carbonyl (C=O) groups excluding carboxylic acids is 4. The molecule has 44 heavy (non-hydrogen) atoms. The Balaban J connectivity index is 1.35. The van der Waals surface area contributed by atoms with Crippen LogP contribution in [-0.2, 0) is 18.9 Å². The van der Waals surface area contributed by atoms with Gasteiger partial charge in [-0.25, -0.2) is 14.4 Å². The van der Waals surface area contributed by atoms with Crippen LogP contribution in [0.4, 0.5) is 0 Å². The van der Waals surface area contributed by atoms with Gasteiger partial charge in [0.15, 0.2) is 18.3 Å². The minimum absolute atomic E-state index is 0.0569. The normalized spacial score (nSPS) is 19.3. The Hall–Kier alpha value is -5.61. The van der Waals surface area contributed by atoms with Crippen molar-refractivity contribution in [2.45, 2.75) is 24.4 Å². The molecule has 0 aliphatic carbocycles. The number of rotatable bonds is 9. The van der Waals surface area contributed by atoms with Gasteiger partial charge in [0, 0.05) is 5.39 Å². The number of fused-ring (bicyclic) bond motifs is 1. The number of para-hydroxylation sites is 1. The van der Waals surface area contributed by atoms with Crippen LogP contribution in [0.25, 0.3) is 10.9 Å². The van der Waals surface area contributed by atoms with E-state index in [0.717, 1.165) is 0 Å². The van der Waals surface area contributed by atoms with E-state index in [9.17, 15) is 19.2 Å². The lowest BCUT2D eigenvalue weighted by Crippen LogP contribution is -2.43. The van der Waals surface area contributed by atoms with Crippen molar-refractivity contribution in [2.75, 3.05) is 6.61 Å². The number of nitrogens with zero attached hydrogens (tertiary/aromatic N) is 1. The first-order valence-electron chi connectivity index (χ1n) is 13.9. The fourth-order valence-electron chi connectivity index (χ4n) is 4.98. The maximum atomic E-state index is 14.0. The van der Waals surface area contributed by atoms with Crippen molar-refractivity contribution in [3.8, 4) is 0 Å². The third-order valence-corrected chi connectivity index (χ3v) is 7.17. The fourth-order valence-corrected chi connectivity index (χ4v) is 4.98. The summed E-state index contributed by atoms with van der Waals surface area (Å²) in [6.07, 6.45) is -5.33. The second kappa shape index (κ2) is 12.7. The lowest BCUT2D eigenvalue weighted by atomic mass is 10.0. The molecule has 0 bridgehead atoms. The van der Waals surface area contributed by atoms with Gasteiger partial charge >= 0.3 is 17.9 Å². The number of esters is 3. The van der Waals surface area contributed by atoms with E-state index >= 15 is 0 Å². The summed E-state index contributed by atoms with van der Waals surface area (Å²) in [6, 6.07) is 31.7. The predicted molar refractivity (Wildman–Crippen MR) is 157 cm³/mol. The Morgan fingerprint density at radius 2 is 1.14 bits per heavy atom. The Morgan fingerprint density at radius 3 is 1.73 bits per heavy atom. The molecule has 0 unspecified atom stereocenters. The van der Waals surface area contributed by atoms with Crippen LogP contribution in [0.15, 0.2) is 115 Å². The van der Waals surface area contributed by atoms with Crippen LogP contribution in [0.1, 0.15) is 41.6 Å². The number of carbonyl (C=O) groups is 4. The molecule has 2 heterocycles. The lowest BCUT2D eigenvalue weighted by Gasteiger charge is -2.24. The van der Waals surface area contributed by atoms with Crippen LogP contribution < -0.4 is 0 Å². The molecule has 4 aromatic carbocycles. The molecule has 0 amide bonds. The van der Waals surface area contributed by atoms with Crippen molar-refractivity contribution in [1.82, 2.24) is 10.2 Å². The van der Waals surface area contributed by atoms with E-state index < -0.39 is 54.7 Å². The van der Waals surface area contributed by atoms with Gasteiger partial charge in [-0.3, -0.25) is 9.89 Å². The third kappa shape index (κ3) is 5.97. The molecule has 10 heteroatoms. The molecule has 10 nitrogen and oxygen atoms in total. The quantitative estimate of drug-likeness (QED) is 0.146. The smallest absolute Gasteiger partial charge is 0.338 e. The third-order valence-electron chi connectivity index (χ3n) is 7.17. The zero-order chi connectivity index (χ0) is 30.5. The first-order valence-corrected chi connectivity index (χ1v) is 13.9. The number of nitrogens with one attached hydrogen (secondary N) is 1. The number of hydrogen-bond acceptors (Lipinski definition) is 9. The summed E-state index contributed by atoms with van der Waals surface area (Å²) in [7, 11) is 0. The summed E-state index contributed by atoms with van der Waals surface area (Å²) in [4.78, 5) is 53.4. The highest BCUT2D eigenvalue weighted by molar-refractivity contribution is 6.08. The molecule has 220 valence electrons. The number of ketones is 1. The van der Waals surface area contributed by atoms with E-state index in [2.05, 4.69) is 10.2 Å². The molecule has 6 rings (SSSR count). The van der Waals surface area contributed by atoms with Crippen molar-refractivity contribution in [2.24, 2.45) is 0 Å². The summed E-state index contributed by atoms with van der Waals surface area (Å²) in [5, 5.41) is 7.55. The summed E-state index contributed by atoms with van der Waals surface area (Å²) in [5.41, 5.74) is 1.42. The largest absolute Gasteiger partial charge is 0.459 e. The minimum atomic E-state index is -1.44. The molecule has 1 aromatic heterocycles. The topological polar surface area (TPSA) is 134 Å². The van der Waals surface area contributed by atoms with Crippen LogP contribution in [0, 0.1) is 0 Å². The Bertz CT molecular complexity index is 1790. The number of ether oxygens (including phenoxy) is 4. The van der Waals surface area contributed by atoms with E-state index in [0.29, 0.717) is 16.5 Å². The Labute approximate surface area is 251 Å². The molecule has 1 aliphatic heterocycles. The molecule has 0 spiro atoms. The number of Topliss-reactive ketones (excluding diaryl/α,β-unsaturated/α-hetero) is 1. The number of hydrogen-bond donors (Lipinski definition) is 1. The standard InChI is InChI=1S/C34H26N2O8/c37-28(27-24-18-10-11-19-25(24)35-36-27)30-31(44-34(40)23-16-8-3-9-17-23)29(43-33(39)22-14-6-2-7-15-22)26(42-30)20-41-32(38)21-12-4-1-5-13-21/h1-19,26,29-31H,20H2,(H,35,36)/t26-,29-,30+,31-/m1/s1. The van der Waals surface area contributed by atoms with Crippen molar-refractivity contribution >= 4 is 34.6 Å². The summed E-state index contributed by atoms with van der Waals surface area (Å²) in [6.45, 7) is -0.398. The first kappa shape index (κ1) is 28.5. The molecule has 5 aromatic rings.